The van der Waals surface area contributed by atoms with Gasteiger partial charge in [0.25, 0.3) is 0 Å². The maximum absolute atomic E-state index is 4.92. The lowest BCUT2D eigenvalue weighted by molar-refractivity contribution is 0.429. The molecule has 1 saturated heterocycles. The summed E-state index contributed by atoms with van der Waals surface area (Å²) in [5, 5.41) is 0. The van der Waals surface area contributed by atoms with E-state index in [1.807, 2.05) is 0 Å². The van der Waals surface area contributed by atoms with Gasteiger partial charge in [-0.2, -0.15) is 0 Å². The molecule has 0 bridgehead atoms. The van der Waals surface area contributed by atoms with E-state index in [1.165, 1.54) is 12.8 Å². The first kappa shape index (κ1) is 7.35. The van der Waals surface area contributed by atoms with Crippen molar-refractivity contribution in [3.05, 3.63) is 0 Å². The first-order valence-electron chi connectivity index (χ1n) is 3.21. The van der Waals surface area contributed by atoms with Gasteiger partial charge in [-0.1, -0.05) is 12.2 Å². The van der Waals surface area contributed by atoms with E-state index in [4.69, 9.17) is 12.2 Å². The summed E-state index contributed by atoms with van der Waals surface area (Å²) in [6.07, 6.45) is 2.53. The Morgan fingerprint density at radius 2 is 2.44 bits per heavy atom. The minimum absolute atomic E-state index is 0.620. The lowest BCUT2D eigenvalue weighted by Crippen LogP contribution is -2.28. The number of hydrogen-bond acceptors (Lipinski definition) is 1. The summed E-state index contributed by atoms with van der Waals surface area (Å²) in [5.74, 6) is 0. The normalized spacial score (nSPS) is 26.9. The Balaban J connectivity index is 2.49. The lowest BCUT2D eigenvalue weighted by atomic mass is 10.2. The van der Waals surface area contributed by atoms with Crippen LogP contribution in [0.4, 0.5) is 0 Å². The van der Waals surface area contributed by atoms with Crippen LogP contribution in [0.1, 0.15) is 19.8 Å². The summed E-state index contributed by atoms with van der Waals surface area (Å²) in [4.78, 5) is 2.17. The molecule has 0 amide bonds. The maximum atomic E-state index is 4.92. The highest BCUT2D eigenvalue weighted by molar-refractivity contribution is 8.10. The third kappa shape index (κ3) is 1.58. The van der Waals surface area contributed by atoms with Crippen LogP contribution in [-0.4, -0.2) is 21.8 Å². The van der Waals surface area contributed by atoms with Gasteiger partial charge in [-0.25, -0.2) is 0 Å². The molecule has 0 aromatic carbocycles. The molecule has 1 rings (SSSR count). The fourth-order valence-corrected chi connectivity index (χ4v) is 1.79. The summed E-state index contributed by atoms with van der Waals surface area (Å²) in [6, 6.07) is 0.620. The van der Waals surface area contributed by atoms with E-state index in [0.29, 0.717) is 6.04 Å². The molecule has 52 valence electrons. The molecule has 0 radical (unpaired) electrons. The van der Waals surface area contributed by atoms with E-state index in [0.717, 1.165) is 10.9 Å². The Morgan fingerprint density at radius 1 is 1.78 bits per heavy atom. The van der Waals surface area contributed by atoms with E-state index < -0.39 is 0 Å². The van der Waals surface area contributed by atoms with Crippen molar-refractivity contribution in [1.82, 2.24) is 4.90 Å². The van der Waals surface area contributed by atoms with Gasteiger partial charge in [0, 0.05) is 12.6 Å². The van der Waals surface area contributed by atoms with Crippen LogP contribution in [0.25, 0.3) is 0 Å². The molecule has 1 atom stereocenters. The molecule has 1 unspecified atom stereocenters. The van der Waals surface area contributed by atoms with Crippen LogP contribution in [0.3, 0.4) is 0 Å². The van der Waals surface area contributed by atoms with Crippen molar-refractivity contribution in [2.75, 3.05) is 6.54 Å². The molecule has 1 heterocycles. The standard InChI is InChI=1S/C6H11NS2/c1-5-3-2-4-7(5)6(8)9/h5H,2-4H2,1H3,(H,8,9). The van der Waals surface area contributed by atoms with Crippen molar-refractivity contribution in [3.8, 4) is 0 Å². The molecule has 1 nitrogen and oxygen atoms in total. The van der Waals surface area contributed by atoms with Crippen molar-refractivity contribution in [3.63, 3.8) is 0 Å². The lowest BCUT2D eigenvalue weighted by Gasteiger charge is -2.20. The van der Waals surface area contributed by atoms with Crippen molar-refractivity contribution in [2.24, 2.45) is 0 Å². The number of hydrogen-bond donors (Lipinski definition) is 1. The second-order valence-corrected chi connectivity index (χ2v) is 3.58. The van der Waals surface area contributed by atoms with Gasteiger partial charge in [-0.05, 0) is 19.8 Å². The third-order valence-electron chi connectivity index (χ3n) is 1.80. The molecule has 3 heteroatoms. The van der Waals surface area contributed by atoms with Crippen LogP contribution in [0.5, 0.6) is 0 Å². The minimum Gasteiger partial charge on any atom is -0.355 e. The van der Waals surface area contributed by atoms with Gasteiger partial charge in [-0.3, -0.25) is 0 Å². The predicted octanol–water partition coefficient (Wildman–Crippen LogP) is 1.69. The quantitative estimate of drug-likeness (QED) is 0.425. The second kappa shape index (κ2) is 2.88. The predicted molar refractivity (Wildman–Crippen MR) is 47.0 cm³/mol. The van der Waals surface area contributed by atoms with E-state index in [9.17, 15) is 0 Å². The Kier molecular flexibility index (Phi) is 2.35. The fourth-order valence-electron chi connectivity index (χ4n) is 1.22. The Morgan fingerprint density at radius 3 is 2.67 bits per heavy atom. The molecule has 0 N–H and O–H groups in total. The van der Waals surface area contributed by atoms with Crippen LogP contribution < -0.4 is 0 Å². The molecule has 0 aliphatic carbocycles. The third-order valence-corrected chi connectivity index (χ3v) is 2.29. The van der Waals surface area contributed by atoms with E-state index in [-0.39, 0.29) is 0 Å². The molecule has 1 aliphatic heterocycles. The van der Waals surface area contributed by atoms with Gasteiger partial charge in [0.05, 0.1) is 0 Å². The molecular formula is C6H11NS2. The van der Waals surface area contributed by atoms with Gasteiger partial charge < -0.3 is 4.90 Å². The number of thiol groups is 1. The van der Waals surface area contributed by atoms with Crippen molar-refractivity contribution < 1.29 is 0 Å². The summed E-state index contributed by atoms with van der Waals surface area (Å²) in [6.45, 7) is 3.29. The first-order chi connectivity index (χ1) is 4.22. The molecule has 1 aliphatic rings. The molecular weight excluding hydrogens is 150 g/mol. The van der Waals surface area contributed by atoms with Crippen LogP contribution in [-0.2, 0) is 0 Å². The van der Waals surface area contributed by atoms with E-state index in [1.54, 1.807) is 0 Å². The largest absolute Gasteiger partial charge is 0.355 e. The van der Waals surface area contributed by atoms with E-state index >= 15 is 0 Å². The van der Waals surface area contributed by atoms with Crippen LogP contribution in [0.2, 0.25) is 0 Å². The maximum Gasteiger partial charge on any atom is 0.133 e. The van der Waals surface area contributed by atoms with Crippen molar-refractivity contribution in [2.45, 2.75) is 25.8 Å². The summed E-state index contributed by atoms with van der Waals surface area (Å²) in [7, 11) is 0. The highest BCUT2D eigenvalue weighted by atomic mass is 32.1. The SMILES string of the molecule is CC1CCCN1C(=S)S. The van der Waals surface area contributed by atoms with Gasteiger partial charge in [-0.15, -0.1) is 12.6 Å². The minimum atomic E-state index is 0.620. The van der Waals surface area contributed by atoms with Crippen molar-refractivity contribution >= 4 is 29.2 Å². The zero-order valence-corrected chi connectivity index (χ0v) is 7.21. The zero-order valence-electron chi connectivity index (χ0n) is 5.50. The molecule has 0 aromatic heterocycles. The Bertz CT molecular complexity index is 124. The molecule has 9 heavy (non-hydrogen) atoms. The summed E-state index contributed by atoms with van der Waals surface area (Å²) < 4.78 is 0.750. The van der Waals surface area contributed by atoms with Gasteiger partial charge in [0.15, 0.2) is 0 Å². The Labute approximate surface area is 66.8 Å². The highest BCUT2D eigenvalue weighted by Gasteiger charge is 2.19. The average molecular weight is 161 g/mol. The van der Waals surface area contributed by atoms with E-state index in [2.05, 4.69) is 24.5 Å². The second-order valence-electron chi connectivity index (χ2n) is 2.47. The van der Waals surface area contributed by atoms with Gasteiger partial charge in [0.1, 0.15) is 4.32 Å². The van der Waals surface area contributed by atoms with Crippen molar-refractivity contribution in [1.29, 1.82) is 0 Å². The van der Waals surface area contributed by atoms with Crippen LogP contribution in [0, 0.1) is 0 Å². The molecule has 1 fully saturated rings. The fraction of sp³-hybridized carbons (Fsp3) is 0.833. The Hall–Kier alpha value is 0.240. The molecule has 0 aromatic rings. The van der Waals surface area contributed by atoms with Crippen LogP contribution >= 0.6 is 24.8 Å². The zero-order chi connectivity index (χ0) is 6.85. The molecule has 0 saturated carbocycles. The summed E-state index contributed by atoms with van der Waals surface area (Å²) >= 11 is 9.03. The summed E-state index contributed by atoms with van der Waals surface area (Å²) in [5.41, 5.74) is 0. The number of likely N-dealkylation sites (tertiary alicyclic amines) is 1. The number of rotatable bonds is 0. The molecule has 0 spiro atoms. The number of thiocarbonyl (C=S) groups is 1. The van der Waals surface area contributed by atoms with Gasteiger partial charge >= 0.3 is 0 Å². The van der Waals surface area contributed by atoms with Crippen LogP contribution in [0.15, 0.2) is 0 Å². The highest BCUT2D eigenvalue weighted by Crippen LogP contribution is 2.17. The average Bonchev–Trinajstić information content (AvgIpc) is 2.13. The van der Waals surface area contributed by atoms with Gasteiger partial charge in [0.2, 0.25) is 0 Å². The smallest absolute Gasteiger partial charge is 0.133 e. The topological polar surface area (TPSA) is 3.24 Å². The first-order valence-corrected chi connectivity index (χ1v) is 4.07. The number of nitrogens with zero attached hydrogens (tertiary/aromatic N) is 1. The monoisotopic (exact) mass is 161 g/mol.